The van der Waals surface area contributed by atoms with E-state index in [2.05, 4.69) is 31.5 Å². The van der Waals surface area contributed by atoms with Crippen molar-refractivity contribution in [3.8, 4) is 11.4 Å². The standard InChI is InChI=1S/C18H15N5O2/c24-17(18-22-16(23-25-18)13-4-3-8-19-10-13)20-9-7-12-11-21-15-6-2-1-5-14(12)15/h1-6,8,10-11,21H,7,9H2,(H,20,24). The van der Waals surface area contributed by atoms with Crippen LogP contribution < -0.4 is 5.32 Å². The maximum atomic E-state index is 12.2. The lowest BCUT2D eigenvalue weighted by atomic mass is 10.1. The van der Waals surface area contributed by atoms with Crippen molar-refractivity contribution in [2.24, 2.45) is 0 Å². The predicted molar refractivity (Wildman–Crippen MR) is 91.9 cm³/mol. The minimum absolute atomic E-state index is 0.0576. The van der Waals surface area contributed by atoms with Crippen LogP contribution in [0, 0.1) is 0 Å². The first-order valence-electron chi connectivity index (χ1n) is 7.88. The third-order valence-corrected chi connectivity index (χ3v) is 3.89. The number of amides is 1. The van der Waals surface area contributed by atoms with Crippen LogP contribution in [0.5, 0.6) is 0 Å². The highest BCUT2D eigenvalue weighted by molar-refractivity contribution is 5.90. The Balaban J connectivity index is 1.39. The number of aromatic amines is 1. The van der Waals surface area contributed by atoms with Gasteiger partial charge in [-0.2, -0.15) is 4.98 Å². The fraction of sp³-hybridized carbons (Fsp3) is 0.111. The molecule has 0 aliphatic carbocycles. The Labute approximate surface area is 143 Å². The summed E-state index contributed by atoms with van der Waals surface area (Å²) in [6.45, 7) is 0.477. The predicted octanol–water partition coefficient (Wildman–Crippen LogP) is 2.59. The van der Waals surface area contributed by atoms with Gasteiger partial charge in [0.1, 0.15) is 0 Å². The topological polar surface area (TPSA) is 96.7 Å². The SMILES string of the molecule is O=C(NCCc1c[nH]c2ccccc12)c1nc(-c2cccnc2)no1. The van der Waals surface area contributed by atoms with E-state index in [0.29, 0.717) is 24.4 Å². The summed E-state index contributed by atoms with van der Waals surface area (Å²) in [7, 11) is 0. The monoisotopic (exact) mass is 333 g/mol. The summed E-state index contributed by atoms with van der Waals surface area (Å²) in [4.78, 5) is 23.5. The van der Waals surface area contributed by atoms with Crippen LogP contribution in [0.1, 0.15) is 16.2 Å². The molecule has 124 valence electrons. The van der Waals surface area contributed by atoms with E-state index in [0.717, 1.165) is 16.5 Å². The van der Waals surface area contributed by atoms with Gasteiger partial charge in [0.25, 0.3) is 0 Å². The van der Waals surface area contributed by atoms with Crippen LogP contribution in [0.3, 0.4) is 0 Å². The number of rotatable bonds is 5. The molecule has 0 spiro atoms. The van der Waals surface area contributed by atoms with E-state index in [1.807, 2.05) is 24.4 Å². The molecule has 0 fully saturated rings. The Kier molecular flexibility index (Phi) is 3.96. The highest BCUT2D eigenvalue weighted by Crippen LogP contribution is 2.18. The maximum absolute atomic E-state index is 12.2. The number of hydrogen-bond acceptors (Lipinski definition) is 5. The quantitative estimate of drug-likeness (QED) is 0.585. The summed E-state index contributed by atoms with van der Waals surface area (Å²) in [5.41, 5.74) is 2.93. The van der Waals surface area contributed by atoms with Gasteiger partial charge in [-0.05, 0) is 30.2 Å². The van der Waals surface area contributed by atoms with Crippen molar-refractivity contribution < 1.29 is 9.32 Å². The molecule has 7 heteroatoms. The number of pyridine rings is 1. The van der Waals surface area contributed by atoms with Crippen molar-refractivity contribution >= 4 is 16.8 Å². The Morgan fingerprint density at radius 1 is 1.20 bits per heavy atom. The molecule has 0 saturated carbocycles. The molecular formula is C18H15N5O2. The number of aromatic nitrogens is 4. The van der Waals surface area contributed by atoms with Crippen LogP contribution in [-0.4, -0.2) is 32.6 Å². The van der Waals surface area contributed by atoms with E-state index >= 15 is 0 Å². The Hall–Kier alpha value is -3.48. The minimum atomic E-state index is -0.387. The molecule has 0 saturated heterocycles. The van der Waals surface area contributed by atoms with Gasteiger partial charge in [0, 0.05) is 41.6 Å². The molecule has 0 aliphatic heterocycles. The Morgan fingerprint density at radius 2 is 2.12 bits per heavy atom. The molecule has 0 atom stereocenters. The van der Waals surface area contributed by atoms with Crippen LogP contribution in [-0.2, 0) is 6.42 Å². The molecule has 0 radical (unpaired) electrons. The zero-order valence-electron chi connectivity index (χ0n) is 13.3. The molecule has 3 aromatic heterocycles. The Bertz CT molecular complexity index is 1010. The lowest BCUT2D eigenvalue weighted by molar-refractivity contribution is 0.0910. The number of para-hydroxylation sites is 1. The van der Waals surface area contributed by atoms with Crippen molar-refractivity contribution in [1.82, 2.24) is 25.4 Å². The van der Waals surface area contributed by atoms with Crippen LogP contribution in [0.25, 0.3) is 22.3 Å². The second-order valence-electron chi connectivity index (χ2n) is 5.53. The highest BCUT2D eigenvalue weighted by atomic mass is 16.5. The molecule has 4 rings (SSSR count). The number of benzene rings is 1. The van der Waals surface area contributed by atoms with Gasteiger partial charge in [-0.15, -0.1) is 0 Å². The summed E-state index contributed by atoms with van der Waals surface area (Å²) < 4.78 is 5.03. The number of fused-ring (bicyclic) bond motifs is 1. The molecule has 4 aromatic rings. The van der Waals surface area contributed by atoms with Gasteiger partial charge in [0.15, 0.2) is 0 Å². The van der Waals surface area contributed by atoms with Gasteiger partial charge in [-0.25, -0.2) is 0 Å². The summed E-state index contributed by atoms with van der Waals surface area (Å²) >= 11 is 0. The van der Waals surface area contributed by atoms with Crippen molar-refractivity contribution in [3.63, 3.8) is 0 Å². The largest absolute Gasteiger partial charge is 0.361 e. The minimum Gasteiger partial charge on any atom is -0.361 e. The molecular weight excluding hydrogens is 318 g/mol. The fourth-order valence-electron chi connectivity index (χ4n) is 2.65. The smallest absolute Gasteiger partial charge is 0.316 e. The first-order chi connectivity index (χ1) is 12.3. The fourth-order valence-corrected chi connectivity index (χ4v) is 2.65. The van der Waals surface area contributed by atoms with E-state index in [1.165, 1.54) is 0 Å². The molecule has 25 heavy (non-hydrogen) atoms. The zero-order valence-corrected chi connectivity index (χ0v) is 13.3. The van der Waals surface area contributed by atoms with E-state index in [4.69, 9.17) is 4.52 Å². The highest BCUT2D eigenvalue weighted by Gasteiger charge is 2.16. The second-order valence-corrected chi connectivity index (χ2v) is 5.53. The molecule has 1 aromatic carbocycles. The number of carbonyl (C=O) groups is 1. The van der Waals surface area contributed by atoms with Crippen LogP contribution in [0.2, 0.25) is 0 Å². The van der Waals surface area contributed by atoms with Crippen molar-refractivity contribution in [1.29, 1.82) is 0 Å². The van der Waals surface area contributed by atoms with E-state index in [-0.39, 0.29) is 11.8 Å². The molecule has 3 heterocycles. The average Bonchev–Trinajstić information content (AvgIpc) is 3.30. The molecule has 1 amide bonds. The number of carbonyl (C=O) groups excluding carboxylic acids is 1. The lowest BCUT2D eigenvalue weighted by Crippen LogP contribution is -2.25. The molecule has 0 aliphatic rings. The second kappa shape index (κ2) is 6.56. The zero-order chi connectivity index (χ0) is 17.1. The number of nitrogens with one attached hydrogen (secondary N) is 2. The van der Waals surface area contributed by atoms with Crippen molar-refractivity contribution in [2.45, 2.75) is 6.42 Å². The van der Waals surface area contributed by atoms with Gasteiger partial charge >= 0.3 is 11.8 Å². The lowest BCUT2D eigenvalue weighted by Gasteiger charge is -2.01. The van der Waals surface area contributed by atoms with Gasteiger partial charge in [-0.3, -0.25) is 9.78 Å². The number of H-pyrrole nitrogens is 1. The summed E-state index contributed by atoms with van der Waals surface area (Å²) in [6, 6.07) is 11.6. The van der Waals surface area contributed by atoms with Crippen molar-refractivity contribution in [2.75, 3.05) is 6.54 Å². The third kappa shape index (κ3) is 3.12. The van der Waals surface area contributed by atoms with Crippen molar-refractivity contribution in [3.05, 3.63) is 66.4 Å². The van der Waals surface area contributed by atoms with Gasteiger partial charge in [0.05, 0.1) is 0 Å². The first kappa shape index (κ1) is 15.1. The molecule has 2 N–H and O–H groups in total. The third-order valence-electron chi connectivity index (χ3n) is 3.89. The van der Waals surface area contributed by atoms with E-state index in [9.17, 15) is 4.79 Å². The van der Waals surface area contributed by atoms with E-state index in [1.54, 1.807) is 24.5 Å². The average molecular weight is 333 g/mol. The normalized spacial score (nSPS) is 10.9. The maximum Gasteiger partial charge on any atom is 0.316 e. The van der Waals surface area contributed by atoms with Gasteiger partial charge in [0.2, 0.25) is 5.82 Å². The number of nitrogens with zero attached hydrogens (tertiary/aromatic N) is 3. The summed E-state index contributed by atoms with van der Waals surface area (Å²) in [5.74, 6) is -0.102. The van der Waals surface area contributed by atoms with Gasteiger partial charge in [-0.1, -0.05) is 23.4 Å². The molecule has 0 bridgehead atoms. The van der Waals surface area contributed by atoms with Crippen LogP contribution >= 0.6 is 0 Å². The summed E-state index contributed by atoms with van der Waals surface area (Å²) in [6.07, 6.45) is 5.94. The summed E-state index contributed by atoms with van der Waals surface area (Å²) in [5, 5.41) is 7.78. The van der Waals surface area contributed by atoms with Gasteiger partial charge < -0.3 is 14.8 Å². The molecule has 0 unspecified atom stereocenters. The Morgan fingerprint density at radius 3 is 3.00 bits per heavy atom. The number of hydrogen-bond donors (Lipinski definition) is 2. The first-order valence-corrected chi connectivity index (χ1v) is 7.88. The molecule has 7 nitrogen and oxygen atoms in total. The van der Waals surface area contributed by atoms with Crippen LogP contribution in [0.15, 0.2) is 59.5 Å². The van der Waals surface area contributed by atoms with E-state index < -0.39 is 0 Å². The van der Waals surface area contributed by atoms with Crippen LogP contribution in [0.4, 0.5) is 0 Å².